The van der Waals surface area contributed by atoms with Crippen molar-refractivity contribution < 1.29 is 13.9 Å². The monoisotopic (exact) mass is 484 g/mol. The van der Waals surface area contributed by atoms with Gasteiger partial charge < -0.3 is 14.2 Å². The number of carbonyl (C=O) groups excluding carboxylic acids is 1. The maximum Gasteiger partial charge on any atom is 0.259 e. The third-order valence-electron chi connectivity index (χ3n) is 6.07. The molecule has 0 N–H and O–H groups in total. The Morgan fingerprint density at radius 2 is 1.91 bits per heavy atom. The smallest absolute Gasteiger partial charge is 0.259 e. The Labute approximate surface area is 200 Å². The second-order valence-corrected chi connectivity index (χ2v) is 9.84. The van der Waals surface area contributed by atoms with Gasteiger partial charge in [0.15, 0.2) is 5.43 Å². The van der Waals surface area contributed by atoms with E-state index in [9.17, 15) is 14.0 Å². The lowest BCUT2D eigenvalue weighted by molar-refractivity contribution is 0.0300. The van der Waals surface area contributed by atoms with Gasteiger partial charge in [0, 0.05) is 57.7 Å². The minimum atomic E-state index is -0.338. The number of hydrogen-bond acceptors (Lipinski definition) is 4. The van der Waals surface area contributed by atoms with Crippen LogP contribution in [0.5, 0.6) is 0 Å². The van der Waals surface area contributed by atoms with Crippen LogP contribution in [0.2, 0.25) is 5.02 Å². The molecule has 33 heavy (non-hydrogen) atoms. The summed E-state index contributed by atoms with van der Waals surface area (Å²) >= 11 is 7.81. The van der Waals surface area contributed by atoms with Gasteiger partial charge in [0.2, 0.25) is 0 Å². The van der Waals surface area contributed by atoms with E-state index in [1.807, 2.05) is 23.6 Å². The topological polar surface area (TPSA) is 51.5 Å². The lowest BCUT2D eigenvalue weighted by atomic mass is 10.0. The molecule has 3 heterocycles. The number of hydrogen-bond donors (Lipinski definition) is 0. The van der Waals surface area contributed by atoms with Gasteiger partial charge >= 0.3 is 0 Å². The zero-order valence-corrected chi connectivity index (χ0v) is 19.6. The number of aromatic nitrogens is 1. The summed E-state index contributed by atoms with van der Waals surface area (Å²) in [5.41, 5.74) is 2.50. The number of morpholine rings is 1. The van der Waals surface area contributed by atoms with Crippen LogP contribution in [0.15, 0.2) is 58.2 Å². The third kappa shape index (κ3) is 4.09. The quantitative estimate of drug-likeness (QED) is 0.524. The van der Waals surface area contributed by atoms with Crippen LogP contribution in [-0.4, -0.2) is 41.7 Å². The standard InChI is InChI=1S/C25H22ClFN2O3S/c1-15-12-21(30)24(25(31)28-8-10-32-11-9-28)20-14-22(17-4-2-3-5-18(17)27)33-23-13-16(26)6-7-19(23)29(15)20/h2-7,12-13,22H,8-11,14H2,1H3/t22-/m0/s1. The van der Waals surface area contributed by atoms with E-state index in [0.717, 1.165) is 10.6 Å². The Hall–Kier alpha value is -2.61. The number of ether oxygens (including phenoxy) is 1. The summed E-state index contributed by atoms with van der Waals surface area (Å²) < 4.78 is 22.2. The highest BCUT2D eigenvalue weighted by atomic mass is 35.5. The fraction of sp³-hybridized carbons (Fsp3) is 0.280. The first kappa shape index (κ1) is 22.2. The molecule has 170 valence electrons. The molecule has 1 saturated heterocycles. The predicted octanol–water partition coefficient (Wildman–Crippen LogP) is 4.80. The molecule has 0 bridgehead atoms. The summed E-state index contributed by atoms with van der Waals surface area (Å²) in [5.74, 6) is -0.621. The number of carbonyl (C=O) groups is 1. The Morgan fingerprint density at radius 3 is 2.67 bits per heavy atom. The summed E-state index contributed by atoms with van der Waals surface area (Å²) in [6, 6.07) is 13.7. The molecular formula is C25H22ClFN2O3S. The van der Waals surface area contributed by atoms with Crippen molar-refractivity contribution in [3.05, 3.63) is 92.1 Å². The molecule has 0 radical (unpaired) electrons. The fourth-order valence-electron chi connectivity index (χ4n) is 4.52. The van der Waals surface area contributed by atoms with E-state index in [0.29, 0.717) is 54.7 Å². The average Bonchev–Trinajstić information content (AvgIpc) is 2.96. The molecule has 0 spiro atoms. The van der Waals surface area contributed by atoms with E-state index in [1.54, 1.807) is 29.2 Å². The number of nitrogens with zero attached hydrogens (tertiary/aromatic N) is 2. The van der Waals surface area contributed by atoms with Crippen molar-refractivity contribution >= 4 is 29.3 Å². The van der Waals surface area contributed by atoms with Crippen LogP contribution in [0.1, 0.15) is 32.6 Å². The second kappa shape index (κ2) is 8.97. The predicted molar refractivity (Wildman–Crippen MR) is 127 cm³/mol. The molecule has 2 aliphatic heterocycles. The van der Waals surface area contributed by atoms with Crippen molar-refractivity contribution in [2.24, 2.45) is 0 Å². The number of pyridine rings is 1. The van der Waals surface area contributed by atoms with E-state index in [2.05, 4.69) is 0 Å². The normalized spacial score (nSPS) is 17.8. The SMILES string of the molecule is Cc1cc(=O)c(C(=O)N2CCOCC2)c2n1-c1ccc(Cl)cc1S[C@H](c1ccccc1F)C2. The summed E-state index contributed by atoms with van der Waals surface area (Å²) in [5, 5.41) is 0.231. The molecule has 8 heteroatoms. The number of thioether (sulfide) groups is 1. The van der Waals surface area contributed by atoms with Gasteiger partial charge in [-0.15, -0.1) is 11.8 Å². The van der Waals surface area contributed by atoms with Crippen molar-refractivity contribution in [2.75, 3.05) is 26.3 Å². The van der Waals surface area contributed by atoms with Crippen LogP contribution >= 0.6 is 23.4 Å². The van der Waals surface area contributed by atoms with E-state index in [4.69, 9.17) is 16.3 Å². The maximum atomic E-state index is 14.8. The van der Waals surface area contributed by atoms with Gasteiger partial charge in [-0.05, 0) is 31.2 Å². The van der Waals surface area contributed by atoms with Gasteiger partial charge in [-0.3, -0.25) is 9.59 Å². The lowest BCUT2D eigenvalue weighted by Gasteiger charge is -2.28. The molecule has 2 aromatic carbocycles. The highest BCUT2D eigenvalue weighted by Crippen LogP contribution is 2.45. The minimum absolute atomic E-state index is 0.146. The van der Waals surface area contributed by atoms with Crippen molar-refractivity contribution in [2.45, 2.75) is 23.5 Å². The Kier molecular flexibility index (Phi) is 6.03. The van der Waals surface area contributed by atoms with Crippen LogP contribution < -0.4 is 5.43 Å². The fourth-order valence-corrected chi connectivity index (χ4v) is 6.10. The van der Waals surface area contributed by atoms with Crippen molar-refractivity contribution in [1.29, 1.82) is 0 Å². The van der Waals surface area contributed by atoms with Gasteiger partial charge in [-0.1, -0.05) is 29.8 Å². The van der Waals surface area contributed by atoms with Crippen LogP contribution in [-0.2, 0) is 11.2 Å². The first-order chi connectivity index (χ1) is 15.9. The van der Waals surface area contributed by atoms with Gasteiger partial charge in [0.1, 0.15) is 11.4 Å². The molecular weight excluding hydrogens is 463 g/mol. The van der Waals surface area contributed by atoms with Crippen molar-refractivity contribution in [1.82, 2.24) is 9.47 Å². The molecule has 1 amide bonds. The first-order valence-corrected chi connectivity index (χ1v) is 12.0. The average molecular weight is 485 g/mol. The molecule has 1 aromatic heterocycles. The Bertz CT molecular complexity index is 1300. The van der Waals surface area contributed by atoms with Crippen molar-refractivity contribution in [3.8, 4) is 5.69 Å². The number of fused-ring (bicyclic) bond motifs is 3. The van der Waals surface area contributed by atoms with E-state index in [1.165, 1.54) is 23.9 Å². The van der Waals surface area contributed by atoms with Gasteiger partial charge in [0.05, 0.1) is 18.9 Å². The highest BCUT2D eigenvalue weighted by Gasteiger charge is 2.32. The molecule has 5 rings (SSSR count). The Balaban J connectivity index is 1.75. The summed E-state index contributed by atoms with van der Waals surface area (Å²) in [4.78, 5) is 29.3. The molecule has 2 aliphatic rings. The van der Waals surface area contributed by atoms with Gasteiger partial charge in [-0.2, -0.15) is 0 Å². The second-order valence-electron chi connectivity index (χ2n) is 8.16. The number of rotatable bonds is 2. The molecule has 1 fully saturated rings. The molecule has 0 saturated carbocycles. The van der Waals surface area contributed by atoms with Crippen LogP contribution in [0.4, 0.5) is 4.39 Å². The van der Waals surface area contributed by atoms with Crippen LogP contribution in [0.3, 0.4) is 0 Å². The molecule has 1 atom stereocenters. The Morgan fingerprint density at radius 1 is 1.15 bits per heavy atom. The number of halogens is 2. The first-order valence-electron chi connectivity index (χ1n) is 10.8. The summed E-state index contributed by atoms with van der Waals surface area (Å²) in [6.07, 6.45) is 0.320. The maximum absolute atomic E-state index is 14.8. The minimum Gasteiger partial charge on any atom is -0.378 e. The van der Waals surface area contributed by atoms with E-state index >= 15 is 0 Å². The number of aryl methyl sites for hydroxylation is 1. The van der Waals surface area contributed by atoms with E-state index in [-0.39, 0.29) is 28.0 Å². The summed E-state index contributed by atoms with van der Waals surface area (Å²) in [7, 11) is 0. The zero-order valence-electron chi connectivity index (χ0n) is 18.0. The highest BCUT2D eigenvalue weighted by molar-refractivity contribution is 7.99. The largest absolute Gasteiger partial charge is 0.378 e. The molecule has 0 aliphatic carbocycles. The van der Waals surface area contributed by atoms with Crippen LogP contribution in [0, 0.1) is 12.7 Å². The molecule has 3 aromatic rings. The van der Waals surface area contributed by atoms with E-state index < -0.39 is 0 Å². The van der Waals surface area contributed by atoms with Crippen molar-refractivity contribution in [3.63, 3.8) is 0 Å². The zero-order chi connectivity index (χ0) is 23.1. The third-order valence-corrected chi connectivity index (χ3v) is 7.59. The summed E-state index contributed by atoms with van der Waals surface area (Å²) in [6.45, 7) is 3.60. The lowest BCUT2D eigenvalue weighted by Crippen LogP contribution is -2.43. The number of amides is 1. The molecule has 0 unspecified atom stereocenters. The van der Waals surface area contributed by atoms with Crippen LogP contribution in [0.25, 0.3) is 5.69 Å². The number of benzene rings is 2. The molecule has 5 nitrogen and oxygen atoms in total. The van der Waals surface area contributed by atoms with Gasteiger partial charge in [-0.25, -0.2) is 4.39 Å². The van der Waals surface area contributed by atoms with Gasteiger partial charge in [0.25, 0.3) is 5.91 Å².